The van der Waals surface area contributed by atoms with Crippen LogP contribution in [0.3, 0.4) is 0 Å². The van der Waals surface area contributed by atoms with E-state index in [0.29, 0.717) is 24.5 Å². The van der Waals surface area contributed by atoms with Gasteiger partial charge >= 0.3 is 6.09 Å². The van der Waals surface area contributed by atoms with E-state index in [1.54, 1.807) is 40.9 Å². The quantitative estimate of drug-likeness (QED) is 0.647. The summed E-state index contributed by atoms with van der Waals surface area (Å²) in [7, 11) is 0. The fourth-order valence-corrected chi connectivity index (χ4v) is 4.07. The number of para-hydroxylation sites is 1. The van der Waals surface area contributed by atoms with E-state index < -0.39 is 6.09 Å². The molecule has 0 unspecified atom stereocenters. The number of anilines is 3. The fourth-order valence-electron chi connectivity index (χ4n) is 3.08. The molecule has 164 valence electrons. The summed E-state index contributed by atoms with van der Waals surface area (Å²) in [6.07, 6.45) is -0.328. The lowest BCUT2D eigenvalue weighted by atomic mass is 10.2. The SMILES string of the molecule is CC(C)COC(=O)Nc1cccc(NC(=O)CCC(=O)N2CCSc3ccccc32)c1. The summed E-state index contributed by atoms with van der Waals surface area (Å²) in [5, 5.41) is 5.42. The molecular formula is C23H27N3O4S. The summed E-state index contributed by atoms with van der Waals surface area (Å²) >= 11 is 1.73. The Morgan fingerprint density at radius 2 is 1.77 bits per heavy atom. The van der Waals surface area contributed by atoms with E-state index in [9.17, 15) is 14.4 Å². The number of rotatable bonds is 7. The van der Waals surface area contributed by atoms with Crippen molar-refractivity contribution < 1.29 is 19.1 Å². The van der Waals surface area contributed by atoms with Gasteiger partial charge < -0.3 is 15.0 Å². The summed E-state index contributed by atoms with van der Waals surface area (Å²) in [4.78, 5) is 39.7. The molecule has 0 radical (unpaired) electrons. The van der Waals surface area contributed by atoms with Gasteiger partial charge in [-0.25, -0.2) is 4.79 Å². The third-order valence-corrected chi connectivity index (χ3v) is 5.58. The van der Waals surface area contributed by atoms with Gasteiger partial charge in [-0.15, -0.1) is 11.8 Å². The van der Waals surface area contributed by atoms with Crippen molar-refractivity contribution in [1.29, 1.82) is 0 Å². The highest BCUT2D eigenvalue weighted by atomic mass is 32.2. The molecule has 3 amide bonds. The van der Waals surface area contributed by atoms with Gasteiger partial charge in [-0.1, -0.05) is 32.0 Å². The summed E-state index contributed by atoms with van der Waals surface area (Å²) in [5.41, 5.74) is 1.97. The average Bonchev–Trinajstić information content (AvgIpc) is 2.76. The largest absolute Gasteiger partial charge is 0.449 e. The molecule has 1 aliphatic rings. The molecule has 2 aromatic carbocycles. The summed E-state index contributed by atoms with van der Waals surface area (Å²) in [6.45, 7) is 4.88. The van der Waals surface area contributed by atoms with E-state index >= 15 is 0 Å². The Hall–Kier alpha value is -3.00. The Morgan fingerprint density at radius 3 is 2.55 bits per heavy atom. The van der Waals surface area contributed by atoms with Crippen LogP contribution in [0.15, 0.2) is 53.4 Å². The van der Waals surface area contributed by atoms with Crippen molar-refractivity contribution in [2.24, 2.45) is 5.92 Å². The third kappa shape index (κ3) is 6.75. The van der Waals surface area contributed by atoms with Gasteiger partial charge in [-0.3, -0.25) is 14.9 Å². The molecule has 0 atom stereocenters. The van der Waals surface area contributed by atoms with Crippen molar-refractivity contribution in [2.75, 3.05) is 34.4 Å². The van der Waals surface area contributed by atoms with Crippen LogP contribution in [0.25, 0.3) is 0 Å². The van der Waals surface area contributed by atoms with Crippen LogP contribution in [-0.4, -0.2) is 36.8 Å². The molecule has 0 fully saturated rings. The van der Waals surface area contributed by atoms with Crippen LogP contribution in [0.5, 0.6) is 0 Å². The van der Waals surface area contributed by atoms with E-state index in [1.165, 1.54) is 0 Å². The highest BCUT2D eigenvalue weighted by Gasteiger charge is 2.22. The van der Waals surface area contributed by atoms with Crippen molar-refractivity contribution in [2.45, 2.75) is 31.6 Å². The van der Waals surface area contributed by atoms with Gasteiger partial charge in [0.15, 0.2) is 0 Å². The van der Waals surface area contributed by atoms with E-state index in [0.717, 1.165) is 16.3 Å². The molecule has 7 nitrogen and oxygen atoms in total. The third-order valence-electron chi connectivity index (χ3n) is 4.54. The number of hydrogen-bond acceptors (Lipinski definition) is 5. The second-order valence-corrected chi connectivity index (χ2v) is 8.74. The lowest BCUT2D eigenvalue weighted by Gasteiger charge is -2.29. The van der Waals surface area contributed by atoms with Crippen molar-refractivity contribution in [3.05, 3.63) is 48.5 Å². The second-order valence-electron chi connectivity index (χ2n) is 7.61. The minimum atomic E-state index is -0.539. The number of thioether (sulfide) groups is 1. The van der Waals surface area contributed by atoms with Crippen molar-refractivity contribution in [1.82, 2.24) is 0 Å². The van der Waals surface area contributed by atoms with Crippen LogP contribution >= 0.6 is 11.8 Å². The number of nitrogens with zero attached hydrogens (tertiary/aromatic N) is 1. The van der Waals surface area contributed by atoms with Gasteiger partial charge in [-0.05, 0) is 36.2 Å². The Balaban J connectivity index is 1.50. The topological polar surface area (TPSA) is 87.7 Å². The van der Waals surface area contributed by atoms with Gasteiger partial charge in [0.2, 0.25) is 11.8 Å². The molecule has 1 heterocycles. The fraction of sp³-hybridized carbons (Fsp3) is 0.348. The van der Waals surface area contributed by atoms with E-state index in [2.05, 4.69) is 10.6 Å². The van der Waals surface area contributed by atoms with Gasteiger partial charge in [0.05, 0.1) is 12.3 Å². The van der Waals surface area contributed by atoms with Gasteiger partial charge in [0.1, 0.15) is 0 Å². The molecule has 31 heavy (non-hydrogen) atoms. The average molecular weight is 442 g/mol. The molecular weight excluding hydrogens is 414 g/mol. The lowest BCUT2D eigenvalue weighted by Crippen LogP contribution is -2.35. The zero-order valence-electron chi connectivity index (χ0n) is 17.7. The first kappa shape index (κ1) is 22.7. The predicted octanol–water partition coefficient (Wildman–Crippen LogP) is 4.75. The van der Waals surface area contributed by atoms with Crippen molar-refractivity contribution in [3.8, 4) is 0 Å². The lowest BCUT2D eigenvalue weighted by molar-refractivity contribution is -0.122. The summed E-state index contributed by atoms with van der Waals surface area (Å²) < 4.78 is 5.09. The molecule has 0 aromatic heterocycles. The number of fused-ring (bicyclic) bond motifs is 1. The maximum Gasteiger partial charge on any atom is 0.411 e. The van der Waals surface area contributed by atoms with Crippen LogP contribution in [0.1, 0.15) is 26.7 Å². The molecule has 8 heteroatoms. The number of ether oxygens (including phenoxy) is 1. The number of carbonyl (C=O) groups is 3. The van der Waals surface area contributed by atoms with E-state index in [4.69, 9.17) is 4.74 Å². The molecule has 0 aliphatic carbocycles. The first-order valence-electron chi connectivity index (χ1n) is 10.3. The number of benzene rings is 2. The highest BCUT2D eigenvalue weighted by Crippen LogP contribution is 2.34. The standard InChI is InChI=1S/C23H27N3O4S/c1-16(2)15-30-23(29)25-18-7-5-6-17(14-18)24-21(27)10-11-22(28)26-12-13-31-20-9-4-3-8-19(20)26/h3-9,14,16H,10-13,15H2,1-2H3,(H,24,27)(H,25,29). The molecule has 2 N–H and O–H groups in total. The predicted molar refractivity (Wildman–Crippen MR) is 124 cm³/mol. The van der Waals surface area contributed by atoms with E-state index in [-0.39, 0.29) is 30.6 Å². The molecule has 3 rings (SSSR count). The van der Waals surface area contributed by atoms with Gasteiger partial charge in [0, 0.05) is 41.4 Å². The molecule has 0 bridgehead atoms. The van der Waals surface area contributed by atoms with Crippen LogP contribution in [0, 0.1) is 5.92 Å². The van der Waals surface area contributed by atoms with Gasteiger partial charge in [0.25, 0.3) is 0 Å². The summed E-state index contributed by atoms with van der Waals surface area (Å²) in [6, 6.07) is 14.6. The molecule has 2 aromatic rings. The van der Waals surface area contributed by atoms with E-state index in [1.807, 2.05) is 38.1 Å². The van der Waals surface area contributed by atoms with Crippen LogP contribution in [-0.2, 0) is 14.3 Å². The smallest absolute Gasteiger partial charge is 0.411 e. The Bertz CT molecular complexity index is 948. The van der Waals surface area contributed by atoms with Crippen molar-refractivity contribution in [3.63, 3.8) is 0 Å². The van der Waals surface area contributed by atoms with Gasteiger partial charge in [-0.2, -0.15) is 0 Å². The first-order valence-corrected chi connectivity index (χ1v) is 11.3. The zero-order valence-corrected chi connectivity index (χ0v) is 18.5. The Morgan fingerprint density at radius 1 is 1.03 bits per heavy atom. The first-order chi connectivity index (χ1) is 14.9. The maximum atomic E-state index is 12.7. The van der Waals surface area contributed by atoms with Crippen LogP contribution in [0.4, 0.5) is 21.9 Å². The Labute approximate surface area is 186 Å². The Kier molecular flexibility index (Phi) is 7.94. The monoisotopic (exact) mass is 441 g/mol. The highest BCUT2D eigenvalue weighted by molar-refractivity contribution is 7.99. The number of amides is 3. The van der Waals surface area contributed by atoms with Crippen LogP contribution in [0.2, 0.25) is 0 Å². The number of nitrogens with one attached hydrogen (secondary N) is 2. The summed E-state index contributed by atoms with van der Waals surface area (Å²) in [5.74, 6) is 0.768. The molecule has 0 saturated carbocycles. The second kappa shape index (κ2) is 10.9. The van der Waals surface area contributed by atoms with Crippen LogP contribution < -0.4 is 15.5 Å². The number of carbonyl (C=O) groups excluding carboxylic acids is 3. The maximum absolute atomic E-state index is 12.7. The van der Waals surface area contributed by atoms with Crippen molar-refractivity contribution >= 4 is 46.7 Å². The number of hydrogen-bond donors (Lipinski definition) is 2. The normalized spacial score (nSPS) is 12.8. The molecule has 0 spiro atoms. The zero-order chi connectivity index (χ0) is 22.2. The minimum Gasteiger partial charge on any atom is -0.449 e. The minimum absolute atomic E-state index is 0.0637. The molecule has 0 saturated heterocycles. The molecule has 1 aliphatic heterocycles.